The first-order valence-corrected chi connectivity index (χ1v) is 6.96. The number of halogens is 3. The van der Waals surface area contributed by atoms with Gasteiger partial charge in [0.15, 0.2) is 0 Å². The van der Waals surface area contributed by atoms with Crippen LogP contribution in [0.2, 0.25) is 0 Å². The highest BCUT2D eigenvalue weighted by Gasteiger charge is 2.16. The summed E-state index contributed by atoms with van der Waals surface area (Å²) < 4.78 is 27.9. The molecule has 0 radical (unpaired) electrons. The van der Waals surface area contributed by atoms with Crippen LogP contribution in [0, 0.1) is 18.6 Å². The summed E-state index contributed by atoms with van der Waals surface area (Å²) >= 11 is 3.22. The summed E-state index contributed by atoms with van der Waals surface area (Å²) in [5.41, 5.74) is 4.80. The van der Waals surface area contributed by atoms with Crippen LogP contribution in [0.15, 0.2) is 40.9 Å². The van der Waals surface area contributed by atoms with Crippen LogP contribution in [0.1, 0.15) is 22.7 Å². The zero-order valence-corrected chi connectivity index (χ0v) is 12.5. The van der Waals surface area contributed by atoms with Crippen LogP contribution in [0.25, 0.3) is 0 Å². The minimum Gasteiger partial charge on any atom is -0.271 e. The van der Waals surface area contributed by atoms with E-state index in [0.29, 0.717) is 16.5 Å². The fraction of sp³-hybridized carbons (Fsp3) is 0.200. The average molecular weight is 341 g/mol. The molecule has 0 aliphatic rings. The second-order valence-corrected chi connectivity index (χ2v) is 5.58. The van der Waals surface area contributed by atoms with Gasteiger partial charge in [-0.25, -0.2) is 8.78 Å². The minimum atomic E-state index is -0.346. The standard InChI is InChI=1S/C15H15BrF2N2/c1-9-2-5-12(17)8-13(9)15(20-19)6-10-3-4-11(16)7-14(10)18/h2-5,7-8,15,20H,6,19H2,1H3. The van der Waals surface area contributed by atoms with E-state index < -0.39 is 0 Å². The Morgan fingerprint density at radius 2 is 1.95 bits per heavy atom. The highest BCUT2D eigenvalue weighted by molar-refractivity contribution is 9.10. The Bertz CT molecular complexity index is 617. The van der Waals surface area contributed by atoms with Crippen molar-refractivity contribution in [2.45, 2.75) is 19.4 Å². The molecule has 5 heteroatoms. The Kier molecular flexibility index (Phi) is 4.86. The molecule has 106 valence electrons. The lowest BCUT2D eigenvalue weighted by Crippen LogP contribution is -2.30. The normalized spacial score (nSPS) is 12.4. The van der Waals surface area contributed by atoms with Gasteiger partial charge < -0.3 is 0 Å². The number of nitrogens with two attached hydrogens (primary N) is 1. The van der Waals surface area contributed by atoms with Crippen LogP contribution < -0.4 is 11.3 Å². The second-order valence-electron chi connectivity index (χ2n) is 4.66. The first-order valence-electron chi connectivity index (χ1n) is 6.17. The largest absolute Gasteiger partial charge is 0.271 e. The van der Waals surface area contributed by atoms with E-state index in [2.05, 4.69) is 21.4 Å². The third-order valence-electron chi connectivity index (χ3n) is 3.26. The third kappa shape index (κ3) is 3.42. The summed E-state index contributed by atoms with van der Waals surface area (Å²) in [6, 6.07) is 9.03. The van der Waals surface area contributed by atoms with Gasteiger partial charge >= 0.3 is 0 Å². The van der Waals surface area contributed by atoms with E-state index in [9.17, 15) is 8.78 Å². The molecule has 2 aromatic rings. The molecule has 0 saturated carbocycles. The topological polar surface area (TPSA) is 38.0 Å². The van der Waals surface area contributed by atoms with E-state index in [1.54, 1.807) is 18.2 Å². The highest BCUT2D eigenvalue weighted by Crippen LogP contribution is 2.24. The number of hydrogen-bond donors (Lipinski definition) is 2. The van der Waals surface area contributed by atoms with E-state index in [-0.39, 0.29) is 17.7 Å². The fourth-order valence-electron chi connectivity index (χ4n) is 2.15. The van der Waals surface area contributed by atoms with Gasteiger partial charge in [0, 0.05) is 4.47 Å². The molecule has 0 aromatic heterocycles. The number of rotatable bonds is 4. The summed E-state index contributed by atoms with van der Waals surface area (Å²) in [6.45, 7) is 1.87. The zero-order valence-electron chi connectivity index (χ0n) is 11.0. The van der Waals surface area contributed by atoms with Crippen LogP contribution in [-0.2, 0) is 6.42 Å². The Hall–Kier alpha value is -1.30. The molecule has 0 heterocycles. The maximum atomic E-state index is 13.9. The number of hydrogen-bond acceptors (Lipinski definition) is 2. The molecule has 0 aliphatic heterocycles. The van der Waals surface area contributed by atoms with Gasteiger partial charge in [-0.05, 0) is 54.3 Å². The van der Waals surface area contributed by atoms with Crippen LogP contribution in [0.5, 0.6) is 0 Å². The number of hydrazine groups is 1. The third-order valence-corrected chi connectivity index (χ3v) is 3.75. The molecular formula is C15H15BrF2N2. The number of nitrogens with one attached hydrogen (secondary N) is 1. The second kappa shape index (κ2) is 6.43. The lowest BCUT2D eigenvalue weighted by Gasteiger charge is -2.19. The van der Waals surface area contributed by atoms with Crippen LogP contribution in [0.4, 0.5) is 8.78 Å². The van der Waals surface area contributed by atoms with Gasteiger partial charge in [-0.15, -0.1) is 0 Å². The van der Waals surface area contributed by atoms with Gasteiger partial charge in [0.1, 0.15) is 11.6 Å². The summed E-state index contributed by atoms with van der Waals surface area (Å²) in [4.78, 5) is 0. The van der Waals surface area contributed by atoms with Crippen LogP contribution in [0.3, 0.4) is 0 Å². The molecule has 3 N–H and O–H groups in total. The van der Waals surface area contributed by atoms with Gasteiger partial charge in [-0.1, -0.05) is 28.1 Å². The predicted molar refractivity (Wildman–Crippen MR) is 79.0 cm³/mol. The zero-order chi connectivity index (χ0) is 14.7. The molecule has 0 amide bonds. The molecule has 0 fully saturated rings. The molecule has 2 rings (SSSR count). The molecule has 1 atom stereocenters. The molecule has 20 heavy (non-hydrogen) atoms. The summed E-state index contributed by atoms with van der Waals surface area (Å²) in [5.74, 6) is 4.90. The Balaban J connectivity index is 2.31. The fourth-order valence-corrected chi connectivity index (χ4v) is 2.49. The maximum Gasteiger partial charge on any atom is 0.127 e. The van der Waals surface area contributed by atoms with Crippen molar-refractivity contribution in [2.24, 2.45) is 5.84 Å². The van der Waals surface area contributed by atoms with Crippen molar-refractivity contribution >= 4 is 15.9 Å². The summed E-state index contributed by atoms with van der Waals surface area (Å²) in [5, 5.41) is 0. The van der Waals surface area contributed by atoms with E-state index in [1.165, 1.54) is 18.2 Å². The lowest BCUT2D eigenvalue weighted by atomic mass is 9.95. The molecule has 2 aromatic carbocycles. The molecular weight excluding hydrogens is 326 g/mol. The van der Waals surface area contributed by atoms with Crippen LogP contribution in [-0.4, -0.2) is 0 Å². The van der Waals surface area contributed by atoms with Crippen molar-refractivity contribution in [2.75, 3.05) is 0 Å². The Morgan fingerprint density at radius 3 is 2.60 bits per heavy atom. The van der Waals surface area contributed by atoms with Crippen molar-refractivity contribution in [1.82, 2.24) is 5.43 Å². The smallest absolute Gasteiger partial charge is 0.127 e. The molecule has 1 unspecified atom stereocenters. The first kappa shape index (κ1) is 15.1. The Morgan fingerprint density at radius 1 is 1.20 bits per heavy atom. The van der Waals surface area contributed by atoms with Crippen molar-refractivity contribution in [1.29, 1.82) is 0 Å². The summed E-state index contributed by atoms with van der Waals surface area (Å²) in [7, 11) is 0. The highest BCUT2D eigenvalue weighted by atomic mass is 79.9. The molecule has 0 spiro atoms. The average Bonchev–Trinajstić information content (AvgIpc) is 2.41. The predicted octanol–water partition coefficient (Wildman–Crippen LogP) is 3.78. The van der Waals surface area contributed by atoms with E-state index in [0.717, 1.165) is 11.1 Å². The quantitative estimate of drug-likeness (QED) is 0.656. The van der Waals surface area contributed by atoms with Gasteiger partial charge in [-0.2, -0.15) is 0 Å². The lowest BCUT2D eigenvalue weighted by molar-refractivity contribution is 0.522. The Labute approximate surface area is 125 Å². The van der Waals surface area contributed by atoms with Crippen molar-refractivity contribution in [3.8, 4) is 0 Å². The van der Waals surface area contributed by atoms with Gasteiger partial charge in [0.25, 0.3) is 0 Å². The monoisotopic (exact) mass is 340 g/mol. The van der Waals surface area contributed by atoms with Crippen molar-refractivity contribution < 1.29 is 8.78 Å². The van der Waals surface area contributed by atoms with Crippen molar-refractivity contribution in [3.63, 3.8) is 0 Å². The van der Waals surface area contributed by atoms with E-state index >= 15 is 0 Å². The SMILES string of the molecule is Cc1ccc(F)cc1C(Cc1ccc(Br)cc1F)NN. The first-order chi connectivity index (χ1) is 9.51. The minimum absolute atomic E-state index is 0.311. The van der Waals surface area contributed by atoms with Gasteiger partial charge in [-0.3, -0.25) is 11.3 Å². The molecule has 0 bridgehead atoms. The number of benzene rings is 2. The number of aryl methyl sites for hydroxylation is 1. The molecule has 0 saturated heterocycles. The summed E-state index contributed by atoms with van der Waals surface area (Å²) in [6.07, 6.45) is 0.347. The van der Waals surface area contributed by atoms with E-state index in [4.69, 9.17) is 5.84 Å². The maximum absolute atomic E-state index is 13.9. The van der Waals surface area contributed by atoms with Gasteiger partial charge in [0.05, 0.1) is 6.04 Å². The van der Waals surface area contributed by atoms with Crippen LogP contribution >= 0.6 is 15.9 Å². The molecule has 2 nitrogen and oxygen atoms in total. The van der Waals surface area contributed by atoms with Gasteiger partial charge in [0.2, 0.25) is 0 Å². The van der Waals surface area contributed by atoms with E-state index in [1.807, 2.05) is 6.92 Å². The van der Waals surface area contributed by atoms with Crippen molar-refractivity contribution in [3.05, 3.63) is 69.2 Å². The molecule has 0 aliphatic carbocycles.